The largest absolute Gasteiger partial charge is 0.340 e. The second kappa shape index (κ2) is 6.41. The molecule has 3 rings (SSSR count). The standard InChI is InChI=1S/C15H28N4O/c16-13-4-9-17(10-5-13)12-15(20)19-8-2-7-18-6-1-3-14(18)11-19/h13-14H,1-12,16H2. The molecule has 3 aliphatic rings. The Bertz CT molecular complexity index is 341. The number of amides is 1. The van der Waals surface area contributed by atoms with Gasteiger partial charge < -0.3 is 10.6 Å². The zero-order valence-electron chi connectivity index (χ0n) is 12.5. The number of hydrogen-bond acceptors (Lipinski definition) is 4. The average molecular weight is 280 g/mol. The zero-order chi connectivity index (χ0) is 13.9. The molecule has 20 heavy (non-hydrogen) atoms. The van der Waals surface area contributed by atoms with Crippen molar-refractivity contribution in [3.05, 3.63) is 0 Å². The third kappa shape index (κ3) is 3.32. The molecule has 1 amide bonds. The third-order valence-corrected chi connectivity index (χ3v) is 5.15. The first-order valence-electron chi connectivity index (χ1n) is 8.22. The van der Waals surface area contributed by atoms with Crippen LogP contribution in [0, 0.1) is 0 Å². The maximum atomic E-state index is 12.5. The summed E-state index contributed by atoms with van der Waals surface area (Å²) < 4.78 is 0. The summed E-state index contributed by atoms with van der Waals surface area (Å²) in [5.74, 6) is 0.328. The van der Waals surface area contributed by atoms with Crippen LogP contribution in [0.1, 0.15) is 32.1 Å². The van der Waals surface area contributed by atoms with Gasteiger partial charge >= 0.3 is 0 Å². The fourth-order valence-electron chi connectivity index (χ4n) is 3.84. The van der Waals surface area contributed by atoms with Crippen molar-refractivity contribution in [2.75, 3.05) is 45.8 Å². The Morgan fingerprint density at radius 1 is 1.00 bits per heavy atom. The SMILES string of the molecule is NC1CCN(CC(=O)N2CCCN3CCCC3C2)CC1. The molecule has 0 saturated carbocycles. The van der Waals surface area contributed by atoms with E-state index in [9.17, 15) is 4.79 Å². The minimum atomic E-state index is 0.328. The van der Waals surface area contributed by atoms with Gasteiger partial charge in [-0.15, -0.1) is 0 Å². The molecule has 1 atom stereocenters. The summed E-state index contributed by atoms with van der Waals surface area (Å²) in [7, 11) is 0. The Labute approximate surface area is 122 Å². The highest BCUT2D eigenvalue weighted by molar-refractivity contribution is 5.78. The predicted octanol–water partition coefficient (Wildman–Crippen LogP) is 0.106. The molecule has 114 valence electrons. The number of carbonyl (C=O) groups is 1. The van der Waals surface area contributed by atoms with Crippen molar-refractivity contribution in [2.45, 2.75) is 44.2 Å². The van der Waals surface area contributed by atoms with E-state index < -0.39 is 0 Å². The van der Waals surface area contributed by atoms with Crippen molar-refractivity contribution >= 4 is 5.91 Å². The molecular weight excluding hydrogens is 252 g/mol. The maximum Gasteiger partial charge on any atom is 0.236 e. The summed E-state index contributed by atoms with van der Waals surface area (Å²) in [5, 5.41) is 0. The number of piperidine rings is 1. The fourth-order valence-corrected chi connectivity index (χ4v) is 3.84. The van der Waals surface area contributed by atoms with Gasteiger partial charge in [0.25, 0.3) is 0 Å². The molecule has 0 aliphatic carbocycles. The van der Waals surface area contributed by atoms with E-state index in [2.05, 4.69) is 14.7 Å². The van der Waals surface area contributed by atoms with Gasteiger partial charge in [-0.3, -0.25) is 14.6 Å². The Morgan fingerprint density at radius 3 is 2.55 bits per heavy atom. The molecule has 3 fully saturated rings. The van der Waals surface area contributed by atoms with E-state index in [0.717, 1.165) is 45.4 Å². The minimum Gasteiger partial charge on any atom is -0.340 e. The normalized spacial score (nSPS) is 30.2. The Kier molecular flexibility index (Phi) is 4.58. The Morgan fingerprint density at radius 2 is 1.75 bits per heavy atom. The highest BCUT2D eigenvalue weighted by Crippen LogP contribution is 2.21. The molecular formula is C15H28N4O. The van der Waals surface area contributed by atoms with Crippen LogP contribution in [0.15, 0.2) is 0 Å². The van der Waals surface area contributed by atoms with Crippen molar-refractivity contribution in [1.82, 2.24) is 14.7 Å². The van der Waals surface area contributed by atoms with Crippen LogP contribution in [-0.4, -0.2) is 78.5 Å². The van der Waals surface area contributed by atoms with Gasteiger partial charge in [0, 0.05) is 44.8 Å². The van der Waals surface area contributed by atoms with E-state index in [0.29, 0.717) is 24.5 Å². The van der Waals surface area contributed by atoms with E-state index in [1.165, 1.54) is 25.9 Å². The lowest BCUT2D eigenvalue weighted by Crippen LogP contribution is -2.47. The lowest BCUT2D eigenvalue weighted by atomic mass is 10.1. The summed E-state index contributed by atoms with van der Waals surface area (Å²) in [6, 6.07) is 0.961. The van der Waals surface area contributed by atoms with Crippen LogP contribution in [0.3, 0.4) is 0 Å². The van der Waals surface area contributed by atoms with Gasteiger partial charge in [-0.1, -0.05) is 0 Å². The number of likely N-dealkylation sites (tertiary alicyclic amines) is 1. The topological polar surface area (TPSA) is 52.8 Å². The number of rotatable bonds is 2. The molecule has 3 aliphatic heterocycles. The average Bonchev–Trinajstić information content (AvgIpc) is 2.78. The van der Waals surface area contributed by atoms with Crippen LogP contribution in [0.4, 0.5) is 0 Å². The smallest absolute Gasteiger partial charge is 0.236 e. The highest BCUT2D eigenvalue weighted by atomic mass is 16.2. The molecule has 0 bridgehead atoms. The third-order valence-electron chi connectivity index (χ3n) is 5.15. The second-order valence-corrected chi connectivity index (χ2v) is 6.64. The van der Waals surface area contributed by atoms with Crippen LogP contribution in [0.2, 0.25) is 0 Å². The van der Waals surface area contributed by atoms with Gasteiger partial charge in [0.05, 0.1) is 6.54 Å². The number of nitrogens with zero attached hydrogens (tertiary/aromatic N) is 3. The summed E-state index contributed by atoms with van der Waals surface area (Å²) in [4.78, 5) is 19.5. The molecule has 0 spiro atoms. The van der Waals surface area contributed by atoms with Crippen LogP contribution < -0.4 is 5.73 Å². The molecule has 3 saturated heterocycles. The first kappa shape index (κ1) is 14.3. The van der Waals surface area contributed by atoms with E-state index in [1.807, 2.05) is 0 Å². The van der Waals surface area contributed by atoms with Gasteiger partial charge in [-0.2, -0.15) is 0 Å². The number of carbonyl (C=O) groups excluding carboxylic acids is 1. The molecule has 0 aromatic carbocycles. The molecule has 0 aromatic heterocycles. The molecule has 0 aromatic rings. The monoisotopic (exact) mass is 280 g/mol. The quantitative estimate of drug-likeness (QED) is 0.780. The van der Waals surface area contributed by atoms with E-state index in [1.54, 1.807) is 0 Å². The summed E-state index contributed by atoms with van der Waals surface area (Å²) in [5.41, 5.74) is 5.92. The fraction of sp³-hybridized carbons (Fsp3) is 0.933. The van der Waals surface area contributed by atoms with Gasteiger partial charge in [0.1, 0.15) is 0 Å². The number of hydrogen-bond donors (Lipinski definition) is 1. The maximum absolute atomic E-state index is 12.5. The van der Waals surface area contributed by atoms with Crippen molar-refractivity contribution < 1.29 is 4.79 Å². The molecule has 1 unspecified atom stereocenters. The van der Waals surface area contributed by atoms with Crippen molar-refractivity contribution in [2.24, 2.45) is 5.73 Å². The predicted molar refractivity (Wildman–Crippen MR) is 79.4 cm³/mol. The minimum absolute atomic E-state index is 0.328. The molecule has 3 heterocycles. The Balaban J connectivity index is 1.51. The van der Waals surface area contributed by atoms with Gasteiger partial charge in [-0.05, 0) is 38.6 Å². The van der Waals surface area contributed by atoms with Gasteiger partial charge in [0.15, 0.2) is 0 Å². The highest BCUT2D eigenvalue weighted by Gasteiger charge is 2.31. The van der Waals surface area contributed by atoms with Crippen molar-refractivity contribution in [1.29, 1.82) is 0 Å². The second-order valence-electron chi connectivity index (χ2n) is 6.64. The van der Waals surface area contributed by atoms with Crippen molar-refractivity contribution in [3.8, 4) is 0 Å². The zero-order valence-corrected chi connectivity index (χ0v) is 12.5. The van der Waals surface area contributed by atoms with Crippen molar-refractivity contribution in [3.63, 3.8) is 0 Å². The van der Waals surface area contributed by atoms with Gasteiger partial charge in [0.2, 0.25) is 5.91 Å². The molecule has 0 radical (unpaired) electrons. The van der Waals surface area contributed by atoms with E-state index >= 15 is 0 Å². The van der Waals surface area contributed by atoms with Crippen LogP contribution in [0.5, 0.6) is 0 Å². The molecule has 5 heteroatoms. The summed E-state index contributed by atoms with van der Waals surface area (Å²) in [6.07, 6.45) is 5.76. The van der Waals surface area contributed by atoms with Crippen LogP contribution in [-0.2, 0) is 4.79 Å². The van der Waals surface area contributed by atoms with E-state index in [-0.39, 0.29) is 0 Å². The van der Waals surface area contributed by atoms with Gasteiger partial charge in [-0.25, -0.2) is 0 Å². The molecule has 2 N–H and O–H groups in total. The Hall–Kier alpha value is -0.650. The number of fused-ring (bicyclic) bond motifs is 1. The van der Waals surface area contributed by atoms with Crippen LogP contribution in [0.25, 0.3) is 0 Å². The van der Waals surface area contributed by atoms with Crippen LogP contribution >= 0.6 is 0 Å². The first-order valence-corrected chi connectivity index (χ1v) is 8.22. The lowest BCUT2D eigenvalue weighted by molar-refractivity contribution is -0.133. The number of nitrogens with two attached hydrogens (primary N) is 1. The first-order chi connectivity index (χ1) is 9.72. The summed E-state index contributed by atoms with van der Waals surface area (Å²) in [6.45, 7) is 6.86. The van der Waals surface area contributed by atoms with E-state index in [4.69, 9.17) is 5.73 Å². The molecule has 5 nitrogen and oxygen atoms in total. The lowest BCUT2D eigenvalue weighted by Gasteiger charge is -2.32. The summed E-state index contributed by atoms with van der Waals surface area (Å²) >= 11 is 0.